The number of likely N-dealkylation sites (N-methyl/N-ethyl adjacent to an activating group) is 1. The van der Waals surface area contributed by atoms with Crippen LogP contribution in [0.2, 0.25) is 0 Å². The number of carbonyl (C=O) groups excluding carboxylic acids is 1. The highest BCUT2D eigenvalue weighted by Gasteiger charge is 2.16. The number of hydrogen-bond donors (Lipinski definition) is 0. The quantitative estimate of drug-likeness (QED) is 0.782. The number of nitrogens with zero attached hydrogens (tertiary/aromatic N) is 1. The van der Waals surface area contributed by atoms with E-state index in [1.165, 1.54) is 5.56 Å². The molecule has 0 N–H and O–H groups in total. The number of benzene rings is 1. The topological polar surface area (TPSA) is 29.5 Å². The van der Waals surface area contributed by atoms with E-state index in [-0.39, 0.29) is 12.1 Å². The third-order valence-electron chi connectivity index (χ3n) is 2.59. The van der Waals surface area contributed by atoms with Crippen LogP contribution in [0.5, 0.6) is 0 Å². The monoisotopic (exact) mass is 221 g/mol. The van der Waals surface area contributed by atoms with Crippen molar-refractivity contribution in [2.24, 2.45) is 0 Å². The molecule has 0 saturated heterocycles. The van der Waals surface area contributed by atoms with Crippen LogP contribution in [0.25, 0.3) is 0 Å². The van der Waals surface area contributed by atoms with Gasteiger partial charge in [0, 0.05) is 13.1 Å². The Morgan fingerprint density at radius 1 is 1.38 bits per heavy atom. The highest BCUT2D eigenvalue weighted by Crippen LogP contribution is 2.08. The summed E-state index contributed by atoms with van der Waals surface area (Å²) in [4.78, 5) is 13.1. The average molecular weight is 221 g/mol. The van der Waals surface area contributed by atoms with Gasteiger partial charge < -0.3 is 9.64 Å². The number of rotatable bonds is 4. The number of carbonyl (C=O) groups is 1. The molecule has 0 heterocycles. The molecule has 0 saturated carbocycles. The molecular weight excluding hydrogens is 202 g/mol. The van der Waals surface area contributed by atoms with Gasteiger partial charge in [-0.15, -0.1) is 0 Å². The summed E-state index contributed by atoms with van der Waals surface area (Å²) < 4.78 is 4.95. The summed E-state index contributed by atoms with van der Waals surface area (Å²) >= 11 is 0. The van der Waals surface area contributed by atoms with E-state index in [4.69, 9.17) is 4.74 Å². The smallest absolute Gasteiger partial charge is 0.409 e. The fraction of sp³-hybridized carbons (Fsp3) is 0.462. The highest BCUT2D eigenvalue weighted by molar-refractivity contribution is 5.67. The summed E-state index contributed by atoms with van der Waals surface area (Å²) in [7, 11) is 1.77. The minimum absolute atomic E-state index is 0.140. The molecule has 0 radical (unpaired) electrons. The Balaban J connectivity index is 2.52. The number of hydrogen-bond acceptors (Lipinski definition) is 2. The lowest BCUT2D eigenvalue weighted by atomic mass is 10.1. The van der Waals surface area contributed by atoms with Crippen molar-refractivity contribution in [2.45, 2.75) is 26.3 Å². The number of amides is 1. The summed E-state index contributed by atoms with van der Waals surface area (Å²) in [5.74, 6) is 0. The molecule has 1 aromatic rings. The first-order chi connectivity index (χ1) is 7.65. The van der Waals surface area contributed by atoms with Crippen molar-refractivity contribution in [3.63, 3.8) is 0 Å². The van der Waals surface area contributed by atoms with Crippen LogP contribution in [0.15, 0.2) is 30.3 Å². The van der Waals surface area contributed by atoms with Crippen LogP contribution in [-0.2, 0) is 11.2 Å². The Morgan fingerprint density at radius 3 is 2.56 bits per heavy atom. The van der Waals surface area contributed by atoms with Crippen LogP contribution in [0.4, 0.5) is 4.79 Å². The fourth-order valence-electron chi connectivity index (χ4n) is 1.50. The van der Waals surface area contributed by atoms with E-state index < -0.39 is 0 Å². The molecule has 1 amide bonds. The van der Waals surface area contributed by atoms with E-state index >= 15 is 0 Å². The van der Waals surface area contributed by atoms with Crippen molar-refractivity contribution in [3.05, 3.63) is 35.9 Å². The predicted molar refractivity (Wildman–Crippen MR) is 64.4 cm³/mol. The lowest BCUT2D eigenvalue weighted by Crippen LogP contribution is -2.36. The van der Waals surface area contributed by atoms with Crippen molar-refractivity contribution < 1.29 is 9.53 Å². The molecule has 0 aliphatic carbocycles. The second kappa shape index (κ2) is 6.16. The molecule has 0 fully saturated rings. The van der Waals surface area contributed by atoms with E-state index in [9.17, 15) is 4.79 Å². The van der Waals surface area contributed by atoms with Crippen LogP contribution in [-0.4, -0.2) is 30.7 Å². The van der Waals surface area contributed by atoms with Crippen molar-refractivity contribution in [2.75, 3.05) is 13.7 Å². The minimum Gasteiger partial charge on any atom is -0.450 e. The van der Waals surface area contributed by atoms with E-state index in [2.05, 4.69) is 12.1 Å². The predicted octanol–water partition coefficient (Wildman–Crippen LogP) is 2.71. The third kappa shape index (κ3) is 3.57. The van der Waals surface area contributed by atoms with Crippen LogP contribution >= 0.6 is 0 Å². The van der Waals surface area contributed by atoms with E-state index in [1.54, 1.807) is 11.9 Å². The van der Waals surface area contributed by atoms with E-state index in [1.807, 2.05) is 32.0 Å². The average Bonchev–Trinajstić information content (AvgIpc) is 2.29. The molecule has 3 heteroatoms. The maximum atomic E-state index is 11.5. The molecule has 1 rings (SSSR count). The first kappa shape index (κ1) is 12.6. The Hall–Kier alpha value is -1.51. The Bertz CT molecular complexity index is 324. The van der Waals surface area contributed by atoms with Gasteiger partial charge in [0.05, 0.1) is 6.61 Å². The van der Waals surface area contributed by atoms with Gasteiger partial charge in [0.15, 0.2) is 0 Å². The molecule has 3 nitrogen and oxygen atoms in total. The van der Waals surface area contributed by atoms with Crippen LogP contribution in [0.3, 0.4) is 0 Å². The zero-order valence-corrected chi connectivity index (χ0v) is 10.1. The Labute approximate surface area is 97.0 Å². The maximum absolute atomic E-state index is 11.5. The van der Waals surface area contributed by atoms with Crippen molar-refractivity contribution in [1.29, 1.82) is 0 Å². The second-order valence-corrected chi connectivity index (χ2v) is 3.85. The summed E-state index contributed by atoms with van der Waals surface area (Å²) in [6.07, 6.45) is 0.585. The Kier molecular flexibility index (Phi) is 4.83. The first-order valence-corrected chi connectivity index (χ1v) is 5.58. The highest BCUT2D eigenvalue weighted by atomic mass is 16.6. The number of ether oxygens (including phenoxy) is 1. The molecule has 0 aliphatic rings. The zero-order chi connectivity index (χ0) is 12.0. The third-order valence-corrected chi connectivity index (χ3v) is 2.59. The molecule has 1 atom stereocenters. The van der Waals surface area contributed by atoms with Gasteiger partial charge >= 0.3 is 6.09 Å². The molecular formula is C13H19NO2. The van der Waals surface area contributed by atoms with Gasteiger partial charge in [-0.05, 0) is 25.8 Å². The van der Waals surface area contributed by atoms with Crippen LogP contribution in [0, 0.1) is 0 Å². The lowest BCUT2D eigenvalue weighted by molar-refractivity contribution is 0.104. The lowest BCUT2D eigenvalue weighted by Gasteiger charge is -2.24. The standard InChI is InChI=1S/C13H19NO2/c1-4-16-13(15)14(3)11(2)10-12-8-6-5-7-9-12/h5-9,11H,4,10H2,1-3H3. The summed E-state index contributed by atoms with van der Waals surface area (Å²) in [5, 5.41) is 0. The molecule has 88 valence electrons. The Morgan fingerprint density at radius 2 is 2.00 bits per heavy atom. The van der Waals surface area contributed by atoms with Crippen molar-refractivity contribution in [3.8, 4) is 0 Å². The molecule has 0 aromatic heterocycles. The largest absolute Gasteiger partial charge is 0.450 e. The maximum Gasteiger partial charge on any atom is 0.409 e. The fourth-order valence-corrected chi connectivity index (χ4v) is 1.50. The van der Waals surface area contributed by atoms with Crippen molar-refractivity contribution >= 4 is 6.09 Å². The van der Waals surface area contributed by atoms with Crippen LogP contribution in [0.1, 0.15) is 19.4 Å². The molecule has 0 bridgehead atoms. The van der Waals surface area contributed by atoms with Gasteiger partial charge in [0.2, 0.25) is 0 Å². The minimum atomic E-state index is -0.258. The van der Waals surface area contributed by atoms with E-state index in [0.29, 0.717) is 6.61 Å². The van der Waals surface area contributed by atoms with Gasteiger partial charge in [-0.1, -0.05) is 30.3 Å². The first-order valence-electron chi connectivity index (χ1n) is 5.58. The molecule has 0 spiro atoms. The molecule has 0 aliphatic heterocycles. The summed E-state index contributed by atoms with van der Waals surface area (Å²) in [6, 6.07) is 10.3. The molecule has 1 aromatic carbocycles. The van der Waals surface area contributed by atoms with Crippen LogP contribution < -0.4 is 0 Å². The molecule has 16 heavy (non-hydrogen) atoms. The summed E-state index contributed by atoms with van der Waals surface area (Å²) in [5.41, 5.74) is 1.23. The van der Waals surface area contributed by atoms with Gasteiger partial charge in [-0.3, -0.25) is 0 Å². The van der Waals surface area contributed by atoms with E-state index in [0.717, 1.165) is 6.42 Å². The second-order valence-electron chi connectivity index (χ2n) is 3.85. The van der Waals surface area contributed by atoms with Gasteiger partial charge in [-0.25, -0.2) is 4.79 Å². The van der Waals surface area contributed by atoms with Gasteiger partial charge in [0.1, 0.15) is 0 Å². The van der Waals surface area contributed by atoms with Gasteiger partial charge in [0.25, 0.3) is 0 Å². The van der Waals surface area contributed by atoms with Crippen molar-refractivity contribution in [1.82, 2.24) is 4.90 Å². The zero-order valence-electron chi connectivity index (χ0n) is 10.1. The SMILES string of the molecule is CCOC(=O)N(C)C(C)Cc1ccccc1. The van der Waals surface area contributed by atoms with Gasteiger partial charge in [-0.2, -0.15) is 0 Å². The molecule has 1 unspecified atom stereocenters. The summed E-state index contributed by atoms with van der Waals surface area (Å²) in [6.45, 7) is 4.25. The normalized spacial score (nSPS) is 11.9.